The van der Waals surface area contributed by atoms with Gasteiger partial charge in [-0.1, -0.05) is 12.1 Å². The molecular weight excluding hydrogens is 409 g/mol. The van der Waals surface area contributed by atoms with Gasteiger partial charge in [0.2, 0.25) is 15.9 Å². The summed E-state index contributed by atoms with van der Waals surface area (Å²) in [5, 5.41) is 0. The van der Waals surface area contributed by atoms with E-state index in [1.807, 2.05) is 0 Å². The van der Waals surface area contributed by atoms with Gasteiger partial charge >= 0.3 is 0 Å². The standard InChI is InChI=1S/C19H19F3N2O4S/c1-28-17-6-5-13(11-16(17)22)12-18(25)23-7-9-24(10-8-23)29(26,27)19-14(20)3-2-4-15(19)21/h2-6,11H,7-10,12H2,1H3. The topological polar surface area (TPSA) is 66.9 Å². The maximum atomic E-state index is 13.9. The molecule has 29 heavy (non-hydrogen) atoms. The Morgan fingerprint density at radius 2 is 1.62 bits per heavy atom. The number of rotatable bonds is 5. The summed E-state index contributed by atoms with van der Waals surface area (Å²) in [6, 6.07) is 7.04. The van der Waals surface area contributed by atoms with Crippen molar-refractivity contribution in [2.75, 3.05) is 33.3 Å². The first kappa shape index (κ1) is 21.1. The van der Waals surface area contributed by atoms with Crippen LogP contribution in [0.1, 0.15) is 5.56 Å². The number of nitrogens with zero attached hydrogens (tertiary/aromatic N) is 2. The summed E-state index contributed by atoms with van der Waals surface area (Å²) in [5.74, 6) is -3.14. The van der Waals surface area contributed by atoms with Crippen molar-refractivity contribution < 1.29 is 31.1 Å². The summed E-state index contributed by atoms with van der Waals surface area (Å²) >= 11 is 0. The van der Waals surface area contributed by atoms with Gasteiger partial charge in [-0.25, -0.2) is 21.6 Å². The number of carbonyl (C=O) groups excluding carboxylic acids is 1. The third-order valence-electron chi connectivity index (χ3n) is 4.68. The first-order valence-corrected chi connectivity index (χ1v) is 10.2. The molecule has 0 radical (unpaired) electrons. The number of piperazine rings is 1. The fraction of sp³-hybridized carbons (Fsp3) is 0.316. The minimum absolute atomic E-state index is 0.0599. The number of methoxy groups -OCH3 is 1. The van der Waals surface area contributed by atoms with Crippen molar-refractivity contribution in [1.29, 1.82) is 0 Å². The van der Waals surface area contributed by atoms with Crippen LogP contribution in [0.4, 0.5) is 13.2 Å². The first-order chi connectivity index (χ1) is 13.7. The molecule has 0 spiro atoms. The number of hydrogen-bond acceptors (Lipinski definition) is 4. The Bertz CT molecular complexity index is 1000. The maximum absolute atomic E-state index is 13.9. The monoisotopic (exact) mass is 428 g/mol. The number of amides is 1. The molecule has 10 heteroatoms. The molecule has 3 rings (SSSR count). The van der Waals surface area contributed by atoms with Crippen molar-refractivity contribution in [1.82, 2.24) is 9.21 Å². The van der Waals surface area contributed by atoms with Gasteiger partial charge in [0.25, 0.3) is 0 Å². The average Bonchev–Trinajstić information content (AvgIpc) is 2.68. The lowest BCUT2D eigenvalue weighted by atomic mass is 10.1. The third kappa shape index (κ3) is 4.38. The Kier molecular flexibility index (Phi) is 6.13. The summed E-state index contributed by atoms with van der Waals surface area (Å²) in [5.41, 5.74) is 0.455. The number of benzene rings is 2. The van der Waals surface area contributed by atoms with E-state index in [9.17, 15) is 26.4 Å². The van der Waals surface area contributed by atoms with E-state index >= 15 is 0 Å². The largest absolute Gasteiger partial charge is 0.494 e. The second kappa shape index (κ2) is 8.42. The van der Waals surface area contributed by atoms with Gasteiger partial charge in [-0.2, -0.15) is 4.31 Å². The van der Waals surface area contributed by atoms with Gasteiger partial charge in [-0.05, 0) is 29.8 Å². The predicted octanol–water partition coefficient (Wildman–Crippen LogP) is 2.19. The molecule has 0 atom stereocenters. The van der Waals surface area contributed by atoms with Crippen LogP contribution in [-0.2, 0) is 21.2 Å². The Morgan fingerprint density at radius 1 is 1.00 bits per heavy atom. The van der Waals surface area contributed by atoms with Crippen LogP contribution in [0.15, 0.2) is 41.3 Å². The lowest BCUT2D eigenvalue weighted by molar-refractivity contribution is -0.131. The Labute approximate surface area is 166 Å². The fourth-order valence-corrected chi connectivity index (χ4v) is 4.67. The van der Waals surface area contributed by atoms with Gasteiger partial charge in [-0.15, -0.1) is 0 Å². The second-order valence-corrected chi connectivity index (χ2v) is 8.36. The zero-order chi connectivity index (χ0) is 21.2. The number of ether oxygens (including phenoxy) is 1. The number of carbonyl (C=O) groups is 1. The van der Waals surface area contributed by atoms with Gasteiger partial charge in [0.1, 0.15) is 11.6 Å². The zero-order valence-corrected chi connectivity index (χ0v) is 16.4. The summed E-state index contributed by atoms with van der Waals surface area (Å²) in [6.45, 7) is -0.0722. The van der Waals surface area contributed by atoms with Crippen molar-refractivity contribution in [3.63, 3.8) is 0 Å². The molecule has 2 aromatic rings. The molecule has 1 saturated heterocycles. The van der Waals surface area contributed by atoms with Gasteiger partial charge in [-0.3, -0.25) is 4.79 Å². The van der Waals surface area contributed by atoms with E-state index < -0.39 is 32.4 Å². The van der Waals surface area contributed by atoms with Gasteiger partial charge in [0.05, 0.1) is 13.5 Å². The maximum Gasteiger partial charge on any atom is 0.249 e. The molecule has 1 fully saturated rings. The van der Waals surface area contributed by atoms with E-state index in [0.717, 1.165) is 22.5 Å². The van der Waals surface area contributed by atoms with E-state index in [1.54, 1.807) is 6.07 Å². The number of hydrogen-bond donors (Lipinski definition) is 0. The lowest BCUT2D eigenvalue weighted by Crippen LogP contribution is -2.51. The average molecular weight is 428 g/mol. The first-order valence-electron chi connectivity index (χ1n) is 8.78. The van der Waals surface area contributed by atoms with Crippen LogP contribution in [0.25, 0.3) is 0 Å². The third-order valence-corrected chi connectivity index (χ3v) is 6.63. The summed E-state index contributed by atoms with van der Waals surface area (Å²) < 4.78 is 72.5. The van der Waals surface area contributed by atoms with Crippen molar-refractivity contribution in [2.24, 2.45) is 0 Å². The quantitative estimate of drug-likeness (QED) is 0.732. The van der Waals surface area contributed by atoms with Gasteiger partial charge in [0.15, 0.2) is 16.5 Å². The molecule has 156 valence electrons. The van der Waals surface area contributed by atoms with Crippen LogP contribution in [0.2, 0.25) is 0 Å². The zero-order valence-electron chi connectivity index (χ0n) is 15.6. The molecular formula is C19H19F3N2O4S. The highest BCUT2D eigenvalue weighted by Gasteiger charge is 2.34. The highest BCUT2D eigenvalue weighted by atomic mass is 32.2. The number of halogens is 3. The van der Waals surface area contributed by atoms with Crippen LogP contribution in [0, 0.1) is 17.5 Å². The summed E-state index contributed by atoms with van der Waals surface area (Å²) in [7, 11) is -3.03. The molecule has 0 unspecified atom stereocenters. The van der Waals surface area contributed by atoms with Crippen LogP contribution in [0.5, 0.6) is 5.75 Å². The molecule has 1 aliphatic heterocycles. The van der Waals surface area contributed by atoms with Crippen molar-refractivity contribution in [3.05, 3.63) is 59.4 Å². The van der Waals surface area contributed by atoms with Crippen molar-refractivity contribution in [3.8, 4) is 5.75 Å². The lowest BCUT2D eigenvalue weighted by Gasteiger charge is -2.34. The molecule has 0 N–H and O–H groups in total. The molecule has 2 aromatic carbocycles. The van der Waals surface area contributed by atoms with E-state index in [1.165, 1.54) is 24.1 Å². The van der Waals surface area contributed by atoms with Crippen LogP contribution < -0.4 is 4.74 Å². The smallest absolute Gasteiger partial charge is 0.249 e. The molecule has 0 bridgehead atoms. The van der Waals surface area contributed by atoms with Gasteiger partial charge < -0.3 is 9.64 Å². The van der Waals surface area contributed by atoms with Crippen molar-refractivity contribution in [2.45, 2.75) is 11.3 Å². The molecule has 0 saturated carbocycles. The van der Waals surface area contributed by atoms with Crippen LogP contribution in [0.3, 0.4) is 0 Å². The highest BCUT2D eigenvalue weighted by Crippen LogP contribution is 2.24. The van der Waals surface area contributed by atoms with E-state index in [-0.39, 0.29) is 44.3 Å². The highest BCUT2D eigenvalue weighted by molar-refractivity contribution is 7.89. The minimum Gasteiger partial charge on any atom is -0.494 e. The molecule has 1 amide bonds. The van der Waals surface area contributed by atoms with Crippen molar-refractivity contribution >= 4 is 15.9 Å². The molecule has 0 aromatic heterocycles. The van der Waals surface area contributed by atoms with E-state index in [0.29, 0.717) is 5.56 Å². The van der Waals surface area contributed by atoms with Gasteiger partial charge in [0, 0.05) is 26.2 Å². The Balaban J connectivity index is 1.65. The number of sulfonamides is 1. The molecule has 0 aliphatic carbocycles. The Hall–Kier alpha value is -2.59. The molecule has 6 nitrogen and oxygen atoms in total. The molecule has 1 heterocycles. The fourth-order valence-electron chi connectivity index (χ4n) is 3.14. The second-order valence-electron chi connectivity index (χ2n) is 6.48. The van der Waals surface area contributed by atoms with E-state index in [4.69, 9.17) is 4.74 Å². The van der Waals surface area contributed by atoms with Crippen LogP contribution >= 0.6 is 0 Å². The molecule has 1 aliphatic rings. The Morgan fingerprint density at radius 3 is 2.17 bits per heavy atom. The normalized spacial score (nSPS) is 15.4. The summed E-state index contributed by atoms with van der Waals surface area (Å²) in [6.07, 6.45) is -0.0599. The van der Waals surface area contributed by atoms with Crippen LogP contribution in [-0.4, -0.2) is 56.8 Å². The summed E-state index contributed by atoms with van der Waals surface area (Å²) in [4.78, 5) is 12.9. The minimum atomic E-state index is -4.36. The SMILES string of the molecule is COc1ccc(CC(=O)N2CCN(S(=O)(=O)c3c(F)cccc3F)CC2)cc1F. The van der Waals surface area contributed by atoms with E-state index in [2.05, 4.69) is 0 Å². The predicted molar refractivity (Wildman–Crippen MR) is 98.4 cm³/mol.